The number of anilines is 1. The van der Waals surface area contributed by atoms with Gasteiger partial charge in [-0.3, -0.25) is 0 Å². The van der Waals surface area contributed by atoms with Gasteiger partial charge in [-0.2, -0.15) is 0 Å². The normalized spacial score (nSPS) is 16.0. The summed E-state index contributed by atoms with van der Waals surface area (Å²) in [6, 6.07) is 4.31. The molecule has 1 heterocycles. The number of rotatable bonds is 1. The van der Waals surface area contributed by atoms with E-state index in [0.29, 0.717) is 31.9 Å². The lowest BCUT2D eigenvalue weighted by molar-refractivity contribution is 0.0240. The first-order valence-electron chi connectivity index (χ1n) is 6.98. The van der Waals surface area contributed by atoms with Crippen LogP contribution in [0.1, 0.15) is 20.8 Å². The number of halogens is 1. The monoisotopic (exact) mass is 296 g/mol. The van der Waals surface area contributed by atoms with Gasteiger partial charge in [0.1, 0.15) is 5.60 Å². The summed E-state index contributed by atoms with van der Waals surface area (Å²) in [5.74, 6) is -0.992. The van der Waals surface area contributed by atoms with E-state index < -0.39 is 11.4 Å². The Labute approximate surface area is 123 Å². The maximum atomic E-state index is 13.4. The standard InChI is InChI=1S/C15H21FN2O3/c1-15(2,3)21-14(20)18-8-6-17(7-9-18)11-4-5-13(19)12(16)10-11/h4-5,10,19H,6-9H2,1-3H3. The number of amides is 1. The Bertz CT molecular complexity index is 520. The Hall–Kier alpha value is -1.98. The zero-order valence-corrected chi connectivity index (χ0v) is 12.6. The van der Waals surface area contributed by atoms with Crippen LogP contribution in [0.15, 0.2) is 18.2 Å². The van der Waals surface area contributed by atoms with E-state index in [1.807, 2.05) is 25.7 Å². The molecule has 5 nitrogen and oxygen atoms in total. The molecule has 0 bridgehead atoms. The van der Waals surface area contributed by atoms with Gasteiger partial charge in [0, 0.05) is 37.9 Å². The van der Waals surface area contributed by atoms with Crippen LogP contribution in [0.2, 0.25) is 0 Å². The average molecular weight is 296 g/mol. The van der Waals surface area contributed by atoms with Gasteiger partial charge in [0.15, 0.2) is 11.6 Å². The minimum Gasteiger partial charge on any atom is -0.505 e. The summed E-state index contributed by atoms with van der Waals surface area (Å²) in [5, 5.41) is 9.20. The fraction of sp³-hybridized carbons (Fsp3) is 0.533. The average Bonchev–Trinajstić information content (AvgIpc) is 2.40. The smallest absolute Gasteiger partial charge is 0.410 e. The Morgan fingerprint density at radius 1 is 1.24 bits per heavy atom. The maximum Gasteiger partial charge on any atom is 0.410 e. The first-order valence-corrected chi connectivity index (χ1v) is 6.98. The van der Waals surface area contributed by atoms with E-state index in [4.69, 9.17) is 4.74 Å². The van der Waals surface area contributed by atoms with Crippen LogP contribution < -0.4 is 4.90 Å². The molecule has 1 aromatic carbocycles. The van der Waals surface area contributed by atoms with Crippen molar-refractivity contribution in [3.63, 3.8) is 0 Å². The quantitative estimate of drug-likeness (QED) is 0.865. The topological polar surface area (TPSA) is 53.0 Å². The van der Waals surface area contributed by atoms with Gasteiger partial charge in [-0.15, -0.1) is 0 Å². The van der Waals surface area contributed by atoms with Crippen molar-refractivity contribution in [1.82, 2.24) is 4.90 Å². The van der Waals surface area contributed by atoms with Crippen LogP contribution in [0.4, 0.5) is 14.9 Å². The van der Waals surface area contributed by atoms with E-state index in [1.165, 1.54) is 12.1 Å². The highest BCUT2D eigenvalue weighted by Gasteiger charge is 2.26. The molecule has 1 aromatic rings. The molecule has 1 fully saturated rings. The highest BCUT2D eigenvalue weighted by atomic mass is 19.1. The number of ether oxygens (including phenoxy) is 1. The van der Waals surface area contributed by atoms with Crippen molar-refractivity contribution in [2.45, 2.75) is 26.4 Å². The van der Waals surface area contributed by atoms with E-state index in [9.17, 15) is 14.3 Å². The number of hydrogen-bond donors (Lipinski definition) is 1. The lowest BCUT2D eigenvalue weighted by atomic mass is 10.2. The lowest BCUT2D eigenvalue weighted by Gasteiger charge is -2.36. The molecule has 0 spiro atoms. The summed E-state index contributed by atoms with van der Waals surface area (Å²) in [6.07, 6.45) is -0.320. The molecule has 1 aliphatic rings. The largest absolute Gasteiger partial charge is 0.505 e. The molecule has 21 heavy (non-hydrogen) atoms. The Morgan fingerprint density at radius 2 is 1.86 bits per heavy atom. The number of benzene rings is 1. The summed E-state index contributed by atoms with van der Waals surface area (Å²) in [7, 11) is 0. The fourth-order valence-electron chi connectivity index (χ4n) is 2.17. The molecule has 1 aliphatic heterocycles. The summed E-state index contributed by atoms with van der Waals surface area (Å²) in [4.78, 5) is 15.6. The third-order valence-electron chi connectivity index (χ3n) is 3.23. The van der Waals surface area contributed by atoms with E-state index >= 15 is 0 Å². The minimum atomic E-state index is -0.637. The van der Waals surface area contributed by atoms with Crippen molar-refractivity contribution in [3.05, 3.63) is 24.0 Å². The van der Waals surface area contributed by atoms with Crippen LogP contribution in [0.3, 0.4) is 0 Å². The van der Waals surface area contributed by atoms with E-state index in [0.717, 1.165) is 0 Å². The Morgan fingerprint density at radius 3 is 2.38 bits per heavy atom. The van der Waals surface area contributed by atoms with Gasteiger partial charge in [0.05, 0.1) is 0 Å². The van der Waals surface area contributed by atoms with Crippen LogP contribution in [-0.4, -0.2) is 47.9 Å². The first kappa shape index (κ1) is 15.4. The minimum absolute atomic E-state index is 0.320. The van der Waals surface area contributed by atoms with Gasteiger partial charge < -0.3 is 19.6 Å². The van der Waals surface area contributed by atoms with Crippen molar-refractivity contribution in [2.75, 3.05) is 31.1 Å². The summed E-state index contributed by atoms with van der Waals surface area (Å²) >= 11 is 0. The molecular formula is C15H21FN2O3. The summed E-state index contributed by atoms with van der Waals surface area (Å²) < 4.78 is 18.7. The van der Waals surface area contributed by atoms with E-state index in [-0.39, 0.29) is 11.8 Å². The van der Waals surface area contributed by atoms with E-state index in [1.54, 1.807) is 11.0 Å². The molecule has 0 unspecified atom stereocenters. The predicted molar refractivity (Wildman–Crippen MR) is 78.1 cm³/mol. The number of nitrogens with zero attached hydrogens (tertiary/aromatic N) is 2. The van der Waals surface area contributed by atoms with Crippen molar-refractivity contribution in [3.8, 4) is 5.75 Å². The lowest BCUT2D eigenvalue weighted by Crippen LogP contribution is -2.50. The molecule has 1 N–H and O–H groups in total. The van der Waals surface area contributed by atoms with E-state index in [2.05, 4.69) is 0 Å². The maximum absolute atomic E-state index is 13.4. The molecule has 0 aromatic heterocycles. The van der Waals surface area contributed by atoms with Crippen molar-refractivity contribution < 1.29 is 19.0 Å². The Kier molecular flexibility index (Phi) is 4.25. The molecule has 1 amide bonds. The van der Waals surface area contributed by atoms with Gasteiger partial charge in [0.2, 0.25) is 0 Å². The number of piperazine rings is 1. The number of phenolic OH excluding ortho intramolecular Hbond substituents is 1. The summed E-state index contributed by atoms with van der Waals surface area (Å²) in [5.41, 5.74) is 0.197. The SMILES string of the molecule is CC(C)(C)OC(=O)N1CCN(c2ccc(O)c(F)c2)CC1. The third kappa shape index (κ3) is 4.00. The van der Waals surface area contributed by atoms with Crippen LogP contribution in [-0.2, 0) is 4.74 Å². The van der Waals surface area contributed by atoms with Crippen LogP contribution in [0.5, 0.6) is 5.75 Å². The molecule has 0 atom stereocenters. The number of aromatic hydroxyl groups is 1. The van der Waals surface area contributed by atoms with Gasteiger partial charge in [-0.1, -0.05) is 0 Å². The zero-order valence-electron chi connectivity index (χ0n) is 12.6. The summed E-state index contributed by atoms with van der Waals surface area (Å²) in [6.45, 7) is 7.75. The molecule has 0 saturated carbocycles. The van der Waals surface area contributed by atoms with Gasteiger partial charge in [-0.05, 0) is 32.9 Å². The number of phenols is 1. The predicted octanol–water partition coefficient (Wildman–Crippen LogP) is 2.59. The number of hydrogen-bond acceptors (Lipinski definition) is 4. The molecule has 116 valence electrons. The van der Waals surface area contributed by atoms with Crippen LogP contribution in [0.25, 0.3) is 0 Å². The first-order chi connectivity index (χ1) is 9.76. The highest BCUT2D eigenvalue weighted by molar-refractivity contribution is 5.68. The number of carbonyl (C=O) groups excluding carboxylic acids is 1. The van der Waals surface area contributed by atoms with Crippen molar-refractivity contribution in [1.29, 1.82) is 0 Å². The molecule has 6 heteroatoms. The molecule has 2 rings (SSSR count). The van der Waals surface area contributed by atoms with Crippen LogP contribution >= 0.6 is 0 Å². The van der Waals surface area contributed by atoms with Crippen molar-refractivity contribution in [2.24, 2.45) is 0 Å². The molecular weight excluding hydrogens is 275 g/mol. The second-order valence-corrected chi connectivity index (χ2v) is 6.09. The highest BCUT2D eigenvalue weighted by Crippen LogP contribution is 2.23. The second kappa shape index (κ2) is 5.79. The number of carbonyl (C=O) groups is 1. The molecule has 0 radical (unpaired) electrons. The third-order valence-corrected chi connectivity index (χ3v) is 3.23. The van der Waals surface area contributed by atoms with Crippen LogP contribution in [0, 0.1) is 5.82 Å². The molecule has 0 aliphatic carbocycles. The molecule has 1 saturated heterocycles. The van der Waals surface area contributed by atoms with Crippen molar-refractivity contribution >= 4 is 11.8 Å². The Balaban J connectivity index is 1.94. The second-order valence-electron chi connectivity index (χ2n) is 6.09. The fourth-order valence-corrected chi connectivity index (χ4v) is 2.17. The zero-order chi connectivity index (χ0) is 15.6. The van der Waals surface area contributed by atoms with Gasteiger partial charge in [0.25, 0.3) is 0 Å². The van der Waals surface area contributed by atoms with Gasteiger partial charge in [-0.25, -0.2) is 9.18 Å². The van der Waals surface area contributed by atoms with Gasteiger partial charge >= 0.3 is 6.09 Å².